The minimum Gasteiger partial charge on any atom is -0.496 e. The highest BCUT2D eigenvalue weighted by Gasteiger charge is 2.08. The summed E-state index contributed by atoms with van der Waals surface area (Å²) in [6.07, 6.45) is 0. The number of aromatic nitrogens is 2. The highest BCUT2D eigenvalue weighted by atomic mass is 32.2. The molecule has 1 amide bonds. The van der Waals surface area contributed by atoms with E-state index in [1.807, 2.05) is 67.6 Å². The number of nitrogens with one attached hydrogen (secondary N) is 2. The molecular formula is C24H22N4O2S. The second-order valence-corrected chi connectivity index (χ2v) is 7.85. The molecule has 6 nitrogen and oxygen atoms in total. The Kier molecular flexibility index (Phi) is 6.33. The fourth-order valence-corrected chi connectivity index (χ4v) is 3.95. The van der Waals surface area contributed by atoms with Crippen LogP contribution in [-0.2, 0) is 5.75 Å². The summed E-state index contributed by atoms with van der Waals surface area (Å²) in [6.45, 7) is 1.83. The number of hydrogen-bond donors (Lipinski definition) is 2. The number of benzene rings is 3. The summed E-state index contributed by atoms with van der Waals surface area (Å²) in [7, 11) is 1.61. The first-order valence-corrected chi connectivity index (χ1v) is 10.8. The number of ether oxygens (including phenoxy) is 1. The van der Waals surface area contributed by atoms with Crippen LogP contribution in [0.4, 0.5) is 0 Å². The van der Waals surface area contributed by atoms with Crippen LogP contribution in [-0.4, -0.2) is 28.7 Å². The molecule has 0 fully saturated rings. The number of thioether (sulfide) groups is 1. The molecule has 4 aromatic rings. The lowest BCUT2D eigenvalue weighted by Crippen LogP contribution is -2.19. The van der Waals surface area contributed by atoms with Gasteiger partial charge >= 0.3 is 0 Å². The van der Waals surface area contributed by atoms with Gasteiger partial charge in [0.1, 0.15) is 5.75 Å². The van der Waals surface area contributed by atoms with Gasteiger partial charge in [-0.1, -0.05) is 48.2 Å². The number of aromatic amines is 1. The van der Waals surface area contributed by atoms with Crippen LogP contribution in [0.2, 0.25) is 0 Å². The lowest BCUT2D eigenvalue weighted by molar-refractivity contribution is 0.0955. The first kappa shape index (κ1) is 20.7. The van der Waals surface area contributed by atoms with Gasteiger partial charge in [0.05, 0.1) is 23.9 Å². The molecular weight excluding hydrogens is 408 g/mol. The monoisotopic (exact) mass is 430 g/mol. The van der Waals surface area contributed by atoms with Gasteiger partial charge in [-0.25, -0.2) is 10.4 Å². The molecule has 3 aromatic carbocycles. The van der Waals surface area contributed by atoms with Gasteiger partial charge < -0.3 is 9.72 Å². The molecule has 0 radical (unpaired) electrons. The van der Waals surface area contributed by atoms with Crippen molar-refractivity contribution in [3.8, 4) is 5.75 Å². The second kappa shape index (κ2) is 9.49. The zero-order chi connectivity index (χ0) is 21.6. The molecule has 31 heavy (non-hydrogen) atoms. The molecule has 0 atom stereocenters. The molecule has 2 N–H and O–H groups in total. The quantitative estimate of drug-likeness (QED) is 0.245. The number of H-pyrrole nitrogens is 1. The standard InChI is InChI=1S/C24H22N4O2S/c1-16(19-7-3-6-10-22(19)30-2)27-28-23(29)18-13-11-17(12-14-18)15-31-24-25-20-8-4-5-9-21(20)26-24/h3-14H,15H2,1-2H3,(H,25,26)(H,28,29)/b27-16+. The van der Waals surface area contributed by atoms with E-state index in [2.05, 4.69) is 20.5 Å². The molecule has 4 rings (SSSR count). The molecule has 7 heteroatoms. The number of rotatable bonds is 7. The molecule has 1 heterocycles. The van der Waals surface area contributed by atoms with Crippen LogP contribution in [0.15, 0.2) is 83.1 Å². The number of hydrazone groups is 1. The van der Waals surface area contributed by atoms with Crippen LogP contribution in [0, 0.1) is 0 Å². The number of hydrogen-bond acceptors (Lipinski definition) is 5. The Bertz CT molecular complexity index is 1200. The summed E-state index contributed by atoms with van der Waals surface area (Å²) >= 11 is 1.63. The molecule has 0 saturated carbocycles. The van der Waals surface area contributed by atoms with Gasteiger partial charge in [0, 0.05) is 16.9 Å². The minimum absolute atomic E-state index is 0.259. The molecule has 1 aromatic heterocycles. The third-order valence-corrected chi connectivity index (χ3v) is 5.73. The fraction of sp³-hybridized carbons (Fsp3) is 0.125. The van der Waals surface area contributed by atoms with Gasteiger partial charge in [0.15, 0.2) is 5.16 Å². The average molecular weight is 431 g/mol. The van der Waals surface area contributed by atoms with Gasteiger partial charge in [0.2, 0.25) is 0 Å². The fourth-order valence-electron chi connectivity index (χ4n) is 3.10. The summed E-state index contributed by atoms with van der Waals surface area (Å²) in [6, 6.07) is 23.0. The van der Waals surface area contributed by atoms with Crippen molar-refractivity contribution < 1.29 is 9.53 Å². The van der Waals surface area contributed by atoms with Gasteiger partial charge in [-0.2, -0.15) is 5.10 Å². The Hall–Kier alpha value is -3.58. The van der Waals surface area contributed by atoms with E-state index in [0.717, 1.165) is 33.1 Å². The van der Waals surface area contributed by atoms with E-state index in [0.29, 0.717) is 17.0 Å². The predicted octanol–water partition coefficient (Wildman–Crippen LogP) is 5.02. The zero-order valence-corrected chi connectivity index (χ0v) is 18.1. The molecule has 0 bridgehead atoms. The van der Waals surface area contributed by atoms with E-state index in [4.69, 9.17) is 4.74 Å². The Morgan fingerprint density at radius 2 is 1.81 bits per heavy atom. The number of carbonyl (C=O) groups excluding carboxylic acids is 1. The van der Waals surface area contributed by atoms with Crippen molar-refractivity contribution in [2.24, 2.45) is 5.10 Å². The maximum Gasteiger partial charge on any atom is 0.271 e. The van der Waals surface area contributed by atoms with Crippen LogP contribution >= 0.6 is 11.8 Å². The van der Waals surface area contributed by atoms with Crippen molar-refractivity contribution in [2.45, 2.75) is 17.8 Å². The number of carbonyl (C=O) groups is 1. The number of methoxy groups -OCH3 is 1. The summed E-state index contributed by atoms with van der Waals surface area (Å²) in [4.78, 5) is 20.3. The van der Waals surface area contributed by atoms with Crippen molar-refractivity contribution in [1.82, 2.24) is 15.4 Å². The summed E-state index contributed by atoms with van der Waals surface area (Å²) < 4.78 is 5.34. The van der Waals surface area contributed by atoms with Crippen LogP contribution < -0.4 is 10.2 Å². The van der Waals surface area contributed by atoms with Gasteiger partial charge in [-0.05, 0) is 48.9 Å². The first-order valence-electron chi connectivity index (χ1n) is 9.78. The van der Waals surface area contributed by atoms with Crippen molar-refractivity contribution in [3.05, 3.63) is 89.5 Å². The number of nitrogens with zero attached hydrogens (tertiary/aromatic N) is 2. The minimum atomic E-state index is -0.259. The van der Waals surface area contributed by atoms with E-state index < -0.39 is 0 Å². The molecule has 0 unspecified atom stereocenters. The summed E-state index contributed by atoms with van der Waals surface area (Å²) in [5, 5.41) is 5.10. The molecule has 0 spiro atoms. The average Bonchev–Trinajstić information content (AvgIpc) is 3.24. The molecule has 0 aliphatic rings. The second-order valence-electron chi connectivity index (χ2n) is 6.88. The van der Waals surface area contributed by atoms with Crippen LogP contribution in [0.1, 0.15) is 28.4 Å². The van der Waals surface area contributed by atoms with Gasteiger partial charge in [0.25, 0.3) is 5.91 Å². The largest absolute Gasteiger partial charge is 0.496 e. The van der Waals surface area contributed by atoms with Gasteiger partial charge in [-0.3, -0.25) is 4.79 Å². The Labute approximate surface area is 184 Å². The van der Waals surface area contributed by atoms with Gasteiger partial charge in [-0.15, -0.1) is 0 Å². The van der Waals surface area contributed by atoms with Crippen molar-refractivity contribution in [3.63, 3.8) is 0 Å². The van der Waals surface area contributed by atoms with E-state index in [1.165, 1.54) is 0 Å². The number of imidazole rings is 1. The Morgan fingerprint density at radius 1 is 1.06 bits per heavy atom. The van der Waals surface area contributed by atoms with E-state index in [-0.39, 0.29) is 5.91 Å². The van der Waals surface area contributed by atoms with E-state index >= 15 is 0 Å². The third kappa shape index (κ3) is 4.95. The highest BCUT2D eigenvalue weighted by Crippen LogP contribution is 2.23. The SMILES string of the molecule is COc1ccccc1/C(C)=N/NC(=O)c1ccc(CSc2nc3ccccc3[nH]2)cc1. The first-order chi connectivity index (χ1) is 15.1. The maximum absolute atomic E-state index is 12.5. The third-order valence-electron chi connectivity index (χ3n) is 4.78. The van der Waals surface area contributed by atoms with Crippen molar-refractivity contribution >= 4 is 34.4 Å². The predicted molar refractivity (Wildman–Crippen MR) is 125 cm³/mol. The van der Waals surface area contributed by atoms with Crippen LogP contribution in [0.5, 0.6) is 5.75 Å². The summed E-state index contributed by atoms with van der Waals surface area (Å²) in [5.41, 5.74) is 7.77. The molecule has 0 saturated heterocycles. The van der Waals surface area contributed by atoms with Crippen molar-refractivity contribution in [2.75, 3.05) is 7.11 Å². The molecule has 0 aliphatic heterocycles. The maximum atomic E-state index is 12.5. The zero-order valence-electron chi connectivity index (χ0n) is 17.3. The number of fused-ring (bicyclic) bond motifs is 1. The Balaban J connectivity index is 1.36. The lowest BCUT2D eigenvalue weighted by atomic mass is 10.1. The Morgan fingerprint density at radius 3 is 2.58 bits per heavy atom. The van der Waals surface area contributed by atoms with E-state index in [9.17, 15) is 4.79 Å². The van der Waals surface area contributed by atoms with Crippen LogP contribution in [0.25, 0.3) is 11.0 Å². The van der Waals surface area contributed by atoms with Crippen molar-refractivity contribution in [1.29, 1.82) is 0 Å². The highest BCUT2D eigenvalue weighted by molar-refractivity contribution is 7.98. The smallest absolute Gasteiger partial charge is 0.271 e. The lowest BCUT2D eigenvalue weighted by Gasteiger charge is -2.08. The molecule has 156 valence electrons. The van der Waals surface area contributed by atoms with E-state index in [1.54, 1.807) is 31.0 Å². The van der Waals surface area contributed by atoms with Crippen LogP contribution in [0.3, 0.4) is 0 Å². The summed E-state index contributed by atoms with van der Waals surface area (Å²) in [5.74, 6) is 1.21. The molecule has 0 aliphatic carbocycles. The normalized spacial score (nSPS) is 11.5. The number of amides is 1. The topological polar surface area (TPSA) is 79.4 Å². The number of para-hydroxylation sites is 3.